The van der Waals surface area contributed by atoms with Crippen molar-refractivity contribution in [1.82, 2.24) is 4.98 Å². The lowest BCUT2D eigenvalue weighted by Crippen LogP contribution is -2.41. The minimum absolute atomic E-state index is 0.152. The van der Waals surface area contributed by atoms with Gasteiger partial charge in [-0.15, -0.1) is 0 Å². The third kappa shape index (κ3) is 2.58. The lowest BCUT2D eigenvalue weighted by molar-refractivity contribution is 0.282. The maximum atomic E-state index is 8.99. The van der Waals surface area contributed by atoms with Crippen molar-refractivity contribution in [2.24, 2.45) is 0 Å². The van der Waals surface area contributed by atoms with Crippen molar-refractivity contribution in [2.75, 3.05) is 18.1 Å². The van der Waals surface area contributed by atoms with Crippen LogP contribution in [-0.2, 0) is 0 Å². The first kappa shape index (κ1) is 13.1. The highest BCUT2D eigenvalue weighted by Gasteiger charge is 2.27. The summed E-state index contributed by atoms with van der Waals surface area (Å²) in [4.78, 5) is 6.43. The zero-order valence-electron chi connectivity index (χ0n) is 10.1. The van der Waals surface area contributed by atoms with Crippen LogP contribution in [-0.4, -0.2) is 29.3 Å². The van der Waals surface area contributed by atoms with Crippen LogP contribution in [0.25, 0.3) is 0 Å². The van der Waals surface area contributed by atoms with E-state index >= 15 is 0 Å². The number of halogens is 1. The van der Waals surface area contributed by atoms with E-state index in [-0.39, 0.29) is 6.61 Å². The first-order valence-corrected chi connectivity index (χ1v) is 6.58. The minimum atomic E-state index is 0.152. The quantitative estimate of drug-likeness (QED) is 0.888. The van der Waals surface area contributed by atoms with E-state index < -0.39 is 0 Å². The number of rotatable bonds is 5. The van der Waals surface area contributed by atoms with Gasteiger partial charge in [0.15, 0.2) is 0 Å². The highest BCUT2D eigenvalue weighted by Crippen LogP contribution is 2.33. The van der Waals surface area contributed by atoms with Crippen LogP contribution in [0.1, 0.15) is 31.2 Å². The van der Waals surface area contributed by atoms with Gasteiger partial charge >= 0.3 is 0 Å². The minimum Gasteiger partial charge on any atom is -0.396 e. The molecule has 1 fully saturated rings. The maximum Gasteiger partial charge on any atom is 0.148 e. The number of aromatic nitrogens is 1. The van der Waals surface area contributed by atoms with Gasteiger partial charge in [-0.3, -0.25) is 0 Å². The molecule has 1 aromatic rings. The Kier molecular flexibility index (Phi) is 4.40. The Morgan fingerprint density at radius 1 is 1.56 bits per heavy atom. The number of nitriles is 1. The Morgan fingerprint density at radius 3 is 2.89 bits per heavy atom. The summed E-state index contributed by atoms with van der Waals surface area (Å²) >= 11 is 6.22. The predicted octanol–water partition coefficient (Wildman–Crippen LogP) is 2.35. The lowest BCUT2D eigenvalue weighted by atomic mass is 9.91. The van der Waals surface area contributed by atoms with Gasteiger partial charge in [0.25, 0.3) is 0 Å². The maximum absolute atomic E-state index is 8.99. The topological polar surface area (TPSA) is 60.2 Å². The average Bonchev–Trinajstić information content (AvgIpc) is 2.32. The molecular weight excluding hydrogens is 250 g/mol. The second-order valence-corrected chi connectivity index (χ2v) is 4.84. The third-order valence-electron chi connectivity index (χ3n) is 3.34. The zero-order valence-corrected chi connectivity index (χ0v) is 10.9. The molecule has 4 nitrogen and oxygen atoms in total. The van der Waals surface area contributed by atoms with Gasteiger partial charge in [0.05, 0.1) is 5.56 Å². The molecule has 1 aromatic heterocycles. The smallest absolute Gasteiger partial charge is 0.148 e. The van der Waals surface area contributed by atoms with Crippen LogP contribution in [0.15, 0.2) is 12.3 Å². The molecule has 0 radical (unpaired) electrons. The number of nitrogens with zero attached hydrogens (tertiary/aromatic N) is 3. The van der Waals surface area contributed by atoms with Crippen molar-refractivity contribution >= 4 is 17.4 Å². The van der Waals surface area contributed by atoms with Gasteiger partial charge in [0.2, 0.25) is 0 Å². The van der Waals surface area contributed by atoms with Gasteiger partial charge in [0.1, 0.15) is 16.9 Å². The summed E-state index contributed by atoms with van der Waals surface area (Å²) in [6, 6.07) is 4.14. The molecule has 0 aliphatic heterocycles. The largest absolute Gasteiger partial charge is 0.396 e. The highest BCUT2D eigenvalue weighted by molar-refractivity contribution is 6.34. The van der Waals surface area contributed by atoms with Crippen molar-refractivity contribution < 1.29 is 5.11 Å². The molecular formula is C13H16ClN3O. The normalized spacial score (nSPS) is 14.9. The Balaban J connectivity index is 2.26. The molecule has 5 heteroatoms. The van der Waals surface area contributed by atoms with Gasteiger partial charge in [0, 0.05) is 25.4 Å². The van der Waals surface area contributed by atoms with E-state index in [1.54, 1.807) is 12.3 Å². The van der Waals surface area contributed by atoms with Gasteiger partial charge in [-0.25, -0.2) is 4.98 Å². The van der Waals surface area contributed by atoms with Gasteiger partial charge in [-0.05, 0) is 31.7 Å². The molecule has 1 aliphatic rings. The van der Waals surface area contributed by atoms with E-state index in [1.165, 1.54) is 6.42 Å². The Hall–Kier alpha value is -1.31. The van der Waals surface area contributed by atoms with E-state index in [1.807, 2.05) is 0 Å². The fourth-order valence-electron chi connectivity index (χ4n) is 2.12. The molecule has 1 aliphatic carbocycles. The van der Waals surface area contributed by atoms with Gasteiger partial charge in [-0.2, -0.15) is 5.26 Å². The van der Waals surface area contributed by atoms with E-state index in [0.717, 1.165) is 19.4 Å². The van der Waals surface area contributed by atoms with E-state index in [0.29, 0.717) is 28.9 Å². The van der Waals surface area contributed by atoms with E-state index in [4.69, 9.17) is 22.0 Å². The summed E-state index contributed by atoms with van der Waals surface area (Å²) in [5, 5.41) is 18.4. The van der Waals surface area contributed by atoms with Crippen LogP contribution >= 0.6 is 11.6 Å². The Bertz CT molecular complexity index is 454. The van der Waals surface area contributed by atoms with Crippen molar-refractivity contribution in [1.29, 1.82) is 5.26 Å². The molecule has 0 saturated heterocycles. The lowest BCUT2D eigenvalue weighted by Gasteiger charge is -2.38. The van der Waals surface area contributed by atoms with Crippen LogP contribution in [0, 0.1) is 11.3 Å². The molecule has 1 heterocycles. The van der Waals surface area contributed by atoms with Crippen molar-refractivity contribution in [3.63, 3.8) is 0 Å². The monoisotopic (exact) mass is 265 g/mol. The van der Waals surface area contributed by atoms with E-state index in [9.17, 15) is 0 Å². The second kappa shape index (κ2) is 6.03. The van der Waals surface area contributed by atoms with Crippen LogP contribution < -0.4 is 4.90 Å². The van der Waals surface area contributed by atoms with Crippen LogP contribution in [0.2, 0.25) is 5.02 Å². The number of pyridine rings is 1. The average molecular weight is 266 g/mol. The van der Waals surface area contributed by atoms with E-state index in [2.05, 4.69) is 16.0 Å². The number of aliphatic hydroxyl groups excluding tert-OH is 1. The summed E-state index contributed by atoms with van der Waals surface area (Å²) in [6.07, 6.45) is 5.77. The predicted molar refractivity (Wildman–Crippen MR) is 70.6 cm³/mol. The molecule has 18 heavy (non-hydrogen) atoms. The molecule has 0 unspecified atom stereocenters. The molecule has 1 saturated carbocycles. The Labute approximate surface area is 112 Å². The Morgan fingerprint density at radius 2 is 2.33 bits per heavy atom. The standard InChI is InChI=1S/C13H16ClN3O/c14-12-10(9-15)5-6-16-13(12)17(7-2-8-18)11-3-1-4-11/h5-6,11,18H,1-4,7-8H2. The zero-order chi connectivity index (χ0) is 13.0. The number of anilines is 1. The van der Waals surface area contributed by atoms with Crippen molar-refractivity contribution in [2.45, 2.75) is 31.7 Å². The summed E-state index contributed by atoms with van der Waals surface area (Å²) in [5.41, 5.74) is 0.454. The van der Waals surface area contributed by atoms with Crippen molar-refractivity contribution in [3.8, 4) is 6.07 Å². The highest BCUT2D eigenvalue weighted by atomic mass is 35.5. The summed E-state index contributed by atoms with van der Waals surface area (Å²) < 4.78 is 0. The van der Waals surface area contributed by atoms with Crippen molar-refractivity contribution in [3.05, 3.63) is 22.8 Å². The number of hydrogen-bond donors (Lipinski definition) is 1. The first-order chi connectivity index (χ1) is 8.77. The first-order valence-electron chi connectivity index (χ1n) is 6.20. The van der Waals surface area contributed by atoms with Gasteiger partial charge in [-0.1, -0.05) is 11.6 Å². The molecule has 2 rings (SSSR count). The fraction of sp³-hybridized carbons (Fsp3) is 0.538. The number of hydrogen-bond acceptors (Lipinski definition) is 4. The molecule has 1 N–H and O–H groups in total. The molecule has 0 spiro atoms. The summed E-state index contributed by atoms with van der Waals surface area (Å²) in [7, 11) is 0. The summed E-state index contributed by atoms with van der Waals surface area (Å²) in [5.74, 6) is 0.675. The molecule has 0 aromatic carbocycles. The van der Waals surface area contributed by atoms with Crippen LogP contribution in [0.3, 0.4) is 0 Å². The second-order valence-electron chi connectivity index (χ2n) is 4.46. The third-order valence-corrected chi connectivity index (χ3v) is 3.71. The molecule has 0 amide bonds. The fourth-order valence-corrected chi connectivity index (χ4v) is 2.38. The summed E-state index contributed by atoms with van der Waals surface area (Å²) in [6.45, 7) is 0.877. The van der Waals surface area contributed by atoms with Crippen LogP contribution in [0.4, 0.5) is 5.82 Å². The molecule has 96 valence electrons. The number of aliphatic hydroxyl groups is 1. The van der Waals surface area contributed by atoms with Gasteiger partial charge < -0.3 is 10.0 Å². The molecule has 0 atom stereocenters. The SMILES string of the molecule is N#Cc1ccnc(N(CCCO)C2CCC2)c1Cl. The van der Waals surface area contributed by atoms with Crippen LogP contribution in [0.5, 0.6) is 0 Å². The molecule has 0 bridgehead atoms.